The number of hydrogen-bond donors (Lipinski definition) is 0. The first-order chi connectivity index (χ1) is 69.0. The zero-order valence-corrected chi connectivity index (χ0v) is 78.9. The molecule has 4 aliphatic heterocycles. The van der Waals surface area contributed by atoms with E-state index in [1.807, 2.05) is 146 Å². The van der Waals surface area contributed by atoms with Gasteiger partial charge in [0.1, 0.15) is 8.07 Å². The number of ether oxygens (including phenoxy) is 1. The summed E-state index contributed by atoms with van der Waals surface area (Å²) >= 11 is 1.83. The summed E-state index contributed by atoms with van der Waals surface area (Å²) in [7, 11) is -1.78. The minimum absolute atomic E-state index is 0.0608. The minimum atomic E-state index is -1.78. The second-order valence-corrected chi connectivity index (χ2v) is 41.9. The lowest BCUT2D eigenvalue weighted by Crippen LogP contribution is -2.58. The highest BCUT2D eigenvalue weighted by Gasteiger charge is 2.40. The molecule has 16 aromatic carbocycles. The van der Waals surface area contributed by atoms with E-state index < -0.39 is 8.07 Å². The lowest BCUT2D eigenvalue weighted by Gasteiger charge is -2.42. The average molecular weight is 1830 g/mol. The van der Waals surface area contributed by atoms with Gasteiger partial charge in [0, 0.05) is 142 Å². The summed E-state index contributed by atoms with van der Waals surface area (Å²) in [6.45, 7) is 9.55. The second-order valence-electron chi connectivity index (χ2n) is 36.5. The fourth-order valence-corrected chi connectivity index (χ4v) is 25.1. The zero-order chi connectivity index (χ0) is 93.5. The Balaban J connectivity index is 0.0000000986. The maximum Gasteiger partial charge on any atom is 0.151 e. The molecule has 13 nitrogen and oxygen atoms in total. The third-order valence-corrected chi connectivity index (χ3v) is 32.4. The molecule has 0 fully saturated rings. The molecular weight excluding hydrogens is 1750 g/mol. The van der Waals surface area contributed by atoms with Crippen LogP contribution in [0.15, 0.2) is 472 Å². The minimum Gasteiger partial charge on any atom is -0.453 e. The number of fused-ring (bicyclic) bond motifs is 20. The maximum atomic E-state index is 6.16. The van der Waals surface area contributed by atoms with E-state index in [0.29, 0.717) is 0 Å². The average Bonchev–Trinajstić information content (AvgIpc) is 0.724. The van der Waals surface area contributed by atoms with Gasteiger partial charge in [-0.15, -0.1) is 0 Å². The monoisotopic (exact) mass is 1830 g/mol. The van der Waals surface area contributed by atoms with Gasteiger partial charge in [-0.2, -0.15) is 0 Å². The van der Waals surface area contributed by atoms with E-state index in [4.69, 9.17) is 4.74 Å². The van der Waals surface area contributed by atoms with Gasteiger partial charge in [0.05, 0.1) is 78.3 Å². The summed E-state index contributed by atoms with van der Waals surface area (Å²) in [5.74, 6) is 1.70. The van der Waals surface area contributed by atoms with Gasteiger partial charge >= 0.3 is 0 Å². The Bertz CT molecular complexity index is 8300. The predicted octanol–water partition coefficient (Wildman–Crippen LogP) is 32.0. The molecule has 0 aliphatic carbocycles. The Labute approximate surface area is 815 Å². The SMILES string of the molecule is CC1(C)c2ccccc2N(c2ccc(-c3cc4cccnc4c4ncccc34)cc2)c2ccccc21.C[Si]1(C)c2ccccc2N(c2ccc(-c3cc4cccnc4c4ncccc34)cc2)c2ccccc21.c1ccc2c(c1)Oc1ccccc1N2c1ccc(-c2cc3cccnc3c3ncccc23)cc1.c1ccc2c(c1)Sc1ccccc1N2c1ccc(-c2cc3cccnc3c3ncccc23)cc1. The van der Waals surface area contributed by atoms with Gasteiger partial charge in [0.2, 0.25) is 0 Å². The van der Waals surface area contributed by atoms with Crippen molar-refractivity contribution in [2.24, 2.45) is 0 Å². The Morgan fingerprint density at radius 3 is 0.800 bits per heavy atom. The van der Waals surface area contributed by atoms with Crippen molar-refractivity contribution in [2.75, 3.05) is 19.6 Å². The summed E-state index contributed by atoms with van der Waals surface area (Å²) < 4.78 is 6.16. The summed E-state index contributed by atoms with van der Waals surface area (Å²) in [6.07, 6.45) is 14.7. The van der Waals surface area contributed by atoms with E-state index in [2.05, 4.69) is 414 Å². The van der Waals surface area contributed by atoms with E-state index in [1.165, 1.54) is 104 Å². The number of nitrogens with zero attached hydrogens (tertiary/aromatic N) is 12. The highest BCUT2D eigenvalue weighted by atomic mass is 32.2. The molecule has 8 aromatic heterocycles. The summed E-state index contributed by atoms with van der Waals surface area (Å²) in [4.78, 5) is 49.0. The molecule has 0 saturated heterocycles. The van der Waals surface area contributed by atoms with Crippen LogP contribution in [0.3, 0.4) is 0 Å². The normalized spacial score (nSPS) is 13.2. The number of pyridine rings is 8. The second kappa shape index (κ2) is 34.9. The molecule has 0 unspecified atom stereocenters. The van der Waals surface area contributed by atoms with Crippen LogP contribution in [0.25, 0.3) is 132 Å². The summed E-state index contributed by atoms with van der Waals surface area (Å²) in [6, 6.07) is 146. The van der Waals surface area contributed by atoms with Crippen LogP contribution in [-0.2, 0) is 5.41 Å². The molecule has 0 radical (unpaired) electrons. The van der Waals surface area contributed by atoms with Crippen LogP contribution in [0.1, 0.15) is 25.0 Å². The van der Waals surface area contributed by atoms with Crippen molar-refractivity contribution in [3.8, 4) is 56.0 Å². The van der Waals surface area contributed by atoms with Crippen LogP contribution in [0.5, 0.6) is 11.5 Å². The van der Waals surface area contributed by atoms with Crippen molar-refractivity contribution in [3.63, 3.8) is 0 Å². The summed E-state index contributed by atoms with van der Waals surface area (Å²) in [5, 5.41) is 11.8. The van der Waals surface area contributed by atoms with Crippen molar-refractivity contribution in [1.29, 1.82) is 0 Å². The number of anilines is 12. The zero-order valence-electron chi connectivity index (χ0n) is 77.1. The third-order valence-electron chi connectivity index (χ3n) is 27.7. The van der Waals surface area contributed by atoms with E-state index in [-0.39, 0.29) is 5.41 Å². The molecule has 140 heavy (non-hydrogen) atoms. The number of benzene rings is 16. The fraction of sp³-hybridized carbons (Fsp3) is 0.0400. The van der Waals surface area contributed by atoms with E-state index in [1.54, 1.807) is 0 Å². The van der Waals surface area contributed by atoms with Gasteiger partial charge in [-0.25, -0.2) is 0 Å². The van der Waals surface area contributed by atoms with E-state index in [9.17, 15) is 0 Å². The topological polar surface area (TPSA) is 125 Å². The lowest BCUT2D eigenvalue weighted by atomic mass is 9.73. The van der Waals surface area contributed by atoms with Gasteiger partial charge in [0.15, 0.2) is 11.5 Å². The van der Waals surface area contributed by atoms with E-state index >= 15 is 0 Å². The quantitative estimate of drug-likeness (QED) is 0.106. The third kappa shape index (κ3) is 14.6. The molecule has 0 bridgehead atoms. The molecule has 15 heteroatoms. The van der Waals surface area contributed by atoms with Crippen molar-refractivity contribution >= 4 is 186 Å². The van der Waals surface area contributed by atoms with Gasteiger partial charge in [-0.05, 0) is 260 Å². The van der Waals surface area contributed by atoms with Crippen LogP contribution in [0, 0.1) is 0 Å². The van der Waals surface area contributed by atoms with Gasteiger partial charge in [0.25, 0.3) is 0 Å². The number of rotatable bonds is 8. The van der Waals surface area contributed by atoms with Gasteiger partial charge in [-0.1, -0.05) is 257 Å². The molecule has 0 amide bonds. The van der Waals surface area contributed by atoms with Crippen molar-refractivity contribution in [2.45, 2.75) is 42.1 Å². The molecule has 4 aliphatic rings. The molecule has 0 spiro atoms. The highest BCUT2D eigenvalue weighted by Crippen LogP contribution is 2.56. The summed E-state index contributed by atoms with van der Waals surface area (Å²) in [5.41, 5.74) is 33.6. The highest BCUT2D eigenvalue weighted by molar-refractivity contribution is 7.99. The van der Waals surface area contributed by atoms with Crippen LogP contribution < -0.4 is 34.7 Å². The lowest BCUT2D eigenvalue weighted by molar-refractivity contribution is 0.477. The molecule has 0 N–H and O–H groups in total. The number of para-hydroxylation sites is 10. The smallest absolute Gasteiger partial charge is 0.151 e. The first-order valence-electron chi connectivity index (χ1n) is 47.2. The predicted molar refractivity (Wildman–Crippen MR) is 582 cm³/mol. The van der Waals surface area contributed by atoms with Crippen LogP contribution >= 0.6 is 11.8 Å². The Morgan fingerprint density at radius 1 is 0.229 bits per heavy atom. The van der Waals surface area contributed by atoms with E-state index in [0.717, 1.165) is 138 Å². The largest absolute Gasteiger partial charge is 0.453 e. The van der Waals surface area contributed by atoms with Gasteiger partial charge < -0.3 is 24.3 Å². The molecule has 12 heterocycles. The number of hydrogen-bond acceptors (Lipinski definition) is 14. The van der Waals surface area contributed by atoms with Crippen molar-refractivity contribution in [1.82, 2.24) is 39.9 Å². The standard InChI is InChI=1S/C33H25N3.C32H25N3Si.C30H19N3O.C30H19N3S/c1-33(2)27-11-3-5-13-29(27)36(30-14-6-4-12-28(30)33)24-17-15-22(16-18-24)26-21-23-9-7-19-34-31(23)32-25(26)10-8-20-35-32;1-36(2)29-13-5-3-11-27(29)35(28-12-4-6-14-30(28)36)24-17-15-22(16-18-24)26-21-23-9-7-19-33-31(23)32-25(26)10-8-20-34-32;2*1-3-11-27-25(9-1)33(26-10-2-4-12-28(26)34-27)22-15-13-20(14-16-22)24-19-21-7-5-17-31-29(21)30-23(24)8-6-18-32-30/h2*3-21H,1-2H3;2*1-19H. The number of aromatic nitrogens is 8. The van der Waals surface area contributed by atoms with Crippen LogP contribution in [0.4, 0.5) is 68.2 Å². The van der Waals surface area contributed by atoms with Crippen molar-refractivity contribution in [3.05, 3.63) is 473 Å². The maximum absolute atomic E-state index is 6.16. The Hall–Kier alpha value is -17.6. The molecule has 664 valence electrons. The molecular formula is C125H88N12OSSi. The van der Waals surface area contributed by atoms with Crippen molar-refractivity contribution < 1.29 is 4.74 Å². The first-order valence-corrected chi connectivity index (χ1v) is 51.0. The van der Waals surface area contributed by atoms with Gasteiger partial charge in [-0.3, -0.25) is 39.9 Å². The first kappa shape index (κ1) is 84.1. The molecule has 0 saturated carbocycles. The van der Waals surface area contributed by atoms with Crippen LogP contribution in [-0.4, -0.2) is 47.9 Å². The Morgan fingerprint density at radius 2 is 0.471 bits per heavy atom. The molecule has 0 atom stereocenters. The van der Waals surface area contributed by atoms with Crippen LogP contribution in [0.2, 0.25) is 13.1 Å². The Kier molecular flexibility index (Phi) is 21.0. The fourth-order valence-electron chi connectivity index (χ4n) is 21.1. The molecule has 28 rings (SSSR count). The molecule has 24 aromatic rings.